The summed E-state index contributed by atoms with van der Waals surface area (Å²) in [6.07, 6.45) is 2.91. The number of hydrogen-bond acceptors (Lipinski definition) is 2. The van der Waals surface area contributed by atoms with E-state index in [-0.39, 0.29) is 0 Å². The van der Waals surface area contributed by atoms with E-state index < -0.39 is 10.8 Å². The van der Waals surface area contributed by atoms with Crippen molar-refractivity contribution in [2.24, 2.45) is 0 Å². The molecule has 94 valence electrons. The van der Waals surface area contributed by atoms with Crippen molar-refractivity contribution < 1.29 is 4.21 Å². The fourth-order valence-corrected chi connectivity index (χ4v) is 3.76. The van der Waals surface area contributed by atoms with Crippen molar-refractivity contribution in [3.05, 3.63) is 56.8 Å². The van der Waals surface area contributed by atoms with E-state index in [9.17, 15) is 4.21 Å². The first kappa shape index (κ1) is 12.2. The molecule has 2 aliphatic rings. The molecule has 0 amide bonds. The molecule has 0 spiro atoms. The van der Waals surface area contributed by atoms with E-state index in [4.69, 9.17) is 11.6 Å². The normalized spacial score (nSPS) is 23.5. The van der Waals surface area contributed by atoms with Crippen LogP contribution >= 0.6 is 11.6 Å². The maximum Gasteiger partial charge on any atom is 0.0738 e. The molecule has 2 nitrogen and oxygen atoms in total. The molecule has 4 heteroatoms. The van der Waals surface area contributed by atoms with E-state index in [0.717, 1.165) is 41.5 Å². The van der Waals surface area contributed by atoms with Gasteiger partial charge in [0.2, 0.25) is 0 Å². The monoisotopic (exact) mass is 279 g/mol. The van der Waals surface area contributed by atoms with E-state index in [0.29, 0.717) is 0 Å². The van der Waals surface area contributed by atoms with E-state index in [1.807, 2.05) is 24.3 Å². The second-order valence-corrected chi connectivity index (χ2v) is 6.37. The van der Waals surface area contributed by atoms with Crippen LogP contribution in [0.15, 0.2) is 46.2 Å². The van der Waals surface area contributed by atoms with Gasteiger partial charge in [-0.25, -0.2) is 0 Å². The summed E-state index contributed by atoms with van der Waals surface area (Å²) in [7, 11) is -0.859. The highest BCUT2D eigenvalue weighted by Crippen LogP contribution is 2.29. The lowest BCUT2D eigenvalue weighted by molar-refractivity contribution is 0.283. The summed E-state index contributed by atoms with van der Waals surface area (Å²) in [4.78, 5) is 3.47. The van der Waals surface area contributed by atoms with Crippen LogP contribution in [0.4, 0.5) is 0 Å². The van der Waals surface area contributed by atoms with Crippen LogP contribution in [-0.2, 0) is 17.3 Å². The fraction of sp³-hybridized carbons (Fsp3) is 0.286. The largest absolute Gasteiger partial charge is 0.294 e. The topological polar surface area (TPSA) is 20.3 Å². The Morgan fingerprint density at radius 1 is 1.33 bits per heavy atom. The summed E-state index contributed by atoms with van der Waals surface area (Å²) >= 11 is 6.18. The molecule has 0 saturated heterocycles. The Kier molecular flexibility index (Phi) is 3.37. The summed E-state index contributed by atoms with van der Waals surface area (Å²) in [5, 5.41) is 2.62. The number of halogens is 1. The maximum absolute atomic E-state index is 11.7. The smallest absolute Gasteiger partial charge is 0.0738 e. The third-order valence-electron chi connectivity index (χ3n) is 3.39. The molecule has 1 unspecified atom stereocenters. The average Bonchev–Trinajstić information content (AvgIpc) is 2.74. The van der Waals surface area contributed by atoms with Gasteiger partial charge >= 0.3 is 0 Å². The molecule has 0 fully saturated rings. The van der Waals surface area contributed by atoms with E-state index in [1.54, 1.807) is 5.41 Å². The maximum atomic E-state index is 11.7. The van der Waals surface area contributed by atoms with Crippen molar-refractivity contribution in [3.8, 4) is 0 Å². The Morgan fingerprint density at radius 2 is 2.17 bits per heavy atom. The first-order chi connectivity index (χ1) is 8.74. The first-order valence-corrected chi connectivity index (χ1v) is 7.60. The van der Waals surface area contributed by atoms with Gasteiger partial charge in [0.25, 0.3) is 0 Å². The molecule has 0 bridgehead atoms. The number of hydrogen-bond donors (Lipinski definition) is 0. The minimum atomic E-state index is -0.859. The Morgan fingerprint density at radius 3 is 3.00 bits per heavy atom. The summed E-state index contributed by atoms with van der Waals surface area (Å²) in [5.41, 5.74) is 2.39. The quantitative estimate of drug-likeness (QED) is 0.829. The van der Waals surface area contributed by atoms with Crippen molar-refractivity contribution in [2.45, 2.75) is 13.0 Å². The van der Waals surface area contributed by atoms with Crippen molar-refractivity contribution >= 4 is 22.4 Å². The molecular weight excluding hydrogens is 266 g/mol. The lowest BCUT2D eigenvalue weighted by Crippen LogP contribution is -2.30. The van der Waals surface area contributed by atoms with Crippen LogP contribution in [0.25, 0.3) is 0 Å². The van der Waals surface area contributed by atoms with Crippen LogP contribution in [0.3, 0.4) is 0 Å². The van der Waals surface area contributed by atoms with Gasteiger partial charge in [-0.2, -0.15) is 0 Å². The molecule has 2 aliphatic heterocycles. The predicted octanol–water partition coefficient (Wildman–Crippen LogP) is 3.08. The first-order valence-electron chi connectivity index (χ1n) is 6.00. The number of rotatable bonds is 2. The predicted molar refractivity (Wildman–Crippen MR) is 75.7 cm³/mol. The highest BCUT2D eigenvalue weighted by Gasteiger charge is 2.24. The SMILES string of the molecule is O=S1C=CC2=C1CCN(Cc1ccccc1Cl)C2. The standard InChI is InChI=1S/C14H14ClNOS/c15-13-4-2-1-3-11(13)9-16-7-5-14-12(10-16)6-8-18(14)17/h1-4,6,8H,5,7,9-10H2. The van der Waals surface area contributed by atoms with Gasteiger partial charge in [0.15, 0.2) is 0 Å². The lowest BCUT2D eigenvalue weighted by atomic mass is 10.1. The van der Waals surface area contributed by atoms with Crippen molar-refractivity contribution in [1.29, 1.82) is 0 Å². The molecule has 1 atom stereocenters. The molecular formula is C14H14ClNOS. The van der Waals surface area contributed by atoms with Gasteiger partial charge in [0.1, 0.15) is 0 Å². The third-order valence-corrected chi connectivity index (χ3v) is 5.10. The number of nitrogens with zero attached hydrogens (tertiary/aromatic N) is 1. The third kappa shape index (κ3) is 2.30. The molecule has 18 heavy (non-hydrogen) atoms. The summed E-state index contributed by atoms with van der Waals surface area (Å²) in [6, 6.07) is 7.96. The molecule has 1 aromatic carbocycles. The van der Waals surface area contributed by atoms with Gasteiger partial charge in [0.05, 0.1) is 10.8 Å². The van der Waals surface area contributed by atoms with Crippen LogP contribution in [0.5, 0.6) is 0 Å². The summed E-state index contributed by atoms with van der Waals surface area (Å²) < 4.78 is 11.7. The van der Waals surface area contributed by atoms with Gasteiger partial charge in [-0.1, -0.05) is 29.8 Å². The second kappa shape index (κ2) is 5.00. The lowest BCUT2D eigenvalue weighted by Gasteiger charge is -2.27. The van der Waals surface area contributed by atoms with Crippen molar-refractivity contribution in [3.63, 3.8) is 0 Å². The summed E-state index contributed by atoms with van der Waals surface area (Å²) in [6.45, 7) is 2.69. The summed E-state index contributed by atoms with van der Waals surface area (Å²) in [5.74, 6) is 0. The van der Waals surface area contributed by atoms with Crippen molar-refractivity contribution in [1.82, 2.24) is 4.90 Å². The van der Waals surface area contributed by atoms with E-state index >= 15 is 0 Å². The van der Waals surface area contributed by atoms with Gasteiger partial charge < -0.3 is 0 Å². The van der Waals surface area contributed by atoms with Crippen LogP contribution in [0.2, 0.25) is 5.02 Å². The highest BCUT2D eigenvalue weighted by molar-refractivity contribution is 7.92. The van der Waals surface area contributed by atoms with Gasteiger partial charge in [-0.05, 0) is 29.7 Å². The number of benzene rings is 1. The average molecular weight is 280 g/mol. The van der Waals surface area contributed by atoms with Crippen LogP contribution < -0.4 is 0 Å². The van der Waals surface area contributed by atoms with Crippen molar-refractivity contribution in [2.75, 3.05) is 13.1 Å². The minimum absolute atomic E-state index is 0.822. The highest BCUT2D eigenvalue weighted by atomic mass is 35.5. The molecule has 0 saturated carbocycles. The van der Waals surface area contributed by atoms with Gasteiger partial charge in [-0.15, -0.1) is 0 Å². The molecule has 1 aromatic rings. The minimum Gasteiger partial charge on any atom is -0.294 e. The zero-order chi connectivity index (χ0) is 12.5. The molecule has 0 aromatic heterocycles. The van der Waals surface area contributed by atoms with Gasteiger partial charge in [-0.3, -0.25) is 9.11 Å². The Balaban J connectivity index is 1.74. The zero-order valence-electron chi connectivity index (χ0n) is 9.93. The molecule has 2 heterocycles. The fourth-order valence-electron chi connectivity index (χ4n) is 2.43. The van der Waals surface area contributed by atoms with Crippen LogP contribution in [0.1, 0.15) is 12.0 Å². The Hall–Kier alpha value is -0.900. The van der Waals surface area contributed by atoms with E-state index in [1.165, 1.54) is 5.57 Å². The zero-order valence-corrected chi connectivity index (χ0v) is 11.5. The van der Waals surface area contributed by atoms with Crippen LogP contribution in [0, 0.1) is 0 Å². The second-order valence-electron chi connectivity index (χ2n) is 4.60. The van der Waals surface area contributed by atoms with E-state index in [2.05, 4.69) is 11.0 Å². The molecule has 0 radical (unpaired) electrons. The molecule has 0 aliphatic carbocycles. The Labute approximate surface area is 114 Å². The van der Waals surface area contributed by atoms with Crippen LogP contribution in [-0.4, -0.2) is 22.2 Å². The van der Waals surface area contributed by atoms with Gasteiger partial charge in [0, 0.05) is 35.0 Å². The molecule has 3 rings (SSSR count). The Bertz CT molecular complexity index is 565. The molecule has 0 N–H and O–H groups in total.